The molecule has 1 aliphatic heterocycles. The zero-order valence-electron chi connectivity index (χ0n) is 8.77. The van der Waals surface area contributed by atoms with Crippen molar-refractivity contribution in [3.63, 3.8) is 0 Å². The molecule has 86 valence electrons. The number of alkyl halides is 1. The lowest BCUT2D eigenvalue weighted by molar-refractivity contribution is 0.0724. The summed E-state index contributed by atoms with van der Waals surface area (Å²) in [4.78, 5) is 17.5. The zero-order valence-corrected chi connectivity index (χ0v) is 9.52. The van der Waals surface area contributed by atoms with Crippen molar-refractivity contribution in [3.8, 4) is 5.75 Å². The highest BCUT2D eigenvalue weighted by Gasteiger charge is 2.24. The Bertz CT molecular complexity index is 397. The van der Waals surface area contributed by atoms with Crippen molar-refractivity contribution in [3.05, 3.63) is 24.0 Å². The van der Waals surface area contributed by atoms with E-state index in [0.717, 1.165) is 12.8 Å². The van der Waals surface area contributed by atoms with E-state index < -0.39 is 0 Å². The van der Waals surface area contributed by atoms with Crippen molar-refractivity contribution in [2.45, 2.75) is 18.2 Å². The third kappa shape index (κ3) is 2.27. The molecule has 0 saturated carbocycles. The van der Waals surface area contributed by atoms with Crippen LogP contribution in [0.5, 0.6) is 5.75 Å². The van der Waals surface area contributed by atoms with Gasteiger partial charge in [-0.25, -0.2) is 0 Å². The fraction of sp³-hybridized carbons (Fsp3) is 0.455. The normalized spacial score (nSPS) is 20.8. The number of halogens is 1. The number of aromatic nitrogens is 1. The molecule has 1 amide bonds. The topological polar surface area (TPSA) is 53.4 Å². The fourth-order valence-corrected chi connectivity index (χ4v) is 2.17. The second-order valence-corrected chi connectivity index (χ2v) is 4.50. The number of hydrogen-bond acceptors (Lipinski definition) is 3. The van der Waals surface area contributed by atoms with Gasteiger partial charge in [0.2, 0.25) is 0 Å². The molecule has 2 heterocycles. The molecule has 0 spiro atoms. The van der Waals surface area contributed by atoms with Gasteiger partial charge in [-0.2, -0.15) is 0 Å². The Kier molecular flexibility index (Phi) is 3.29. The molecule has 16 heavy (non-hydrogen) atoms. The number of aromatic hydroxyl groups is 1. The van der Waals surface area contributed by atoms with E-state index in [0.29, 0.717) is 18.7 Å². The van der Waals surface area contributed by atoms with Gasteiger partial charge < -0.3 is 10.0 Å². The number of piperidine rings is 1. The quantitative estimate of drug-likeness (QED) is 0.760. The number of amides is 1. The van der Waals surface area contributed by atoms with Gasteiger partial charge in [-0.05, 0) is 18.9 Å². The minimum absolute atomic E-state index is 0.0154. The molecule has 0 aromatic carbocycles. The molecule has 5 heteroatoms. The van der Waals surface area contributed by atoms with E-state index in [9.17, 15) is 9.90 Å². The molecule has 0 radical (unpaired) electrons. The van der Waals surface area contributed by atoms with Crippen molar-refractivity contribution in [2.24, 2.45) is 0 Å². The number of nitrogens with zero attached hydrogens (tertiary/aromatic N) is 2. The van der Waals surface area contributed by atoms with Crippen molar-refractivity contribution in [2.75, 3.05) is 13.1 Å². The number of hydrogen-bond donors (Lipinski definition) is 1. The molecule has 0 bridgehead atoms. The highest BCUT2D eigenvalue weighted by molar-refractivity contribution is 6.21. The van der Waals surface area contributed by atoms with Gasteiger partial charge >= 0.3 is 0 Å². The molecule has 1 unspecified atom stereocenters. The molecule has 1 N–H and O–H groups in total. The molecule has 2 rings (SSSR count). The first kappa shape index (κ1) is 11.2. The molecule has 4 nitrogen and oxygen atoms in total. The highest BCUT2D eigenvalue weighted by atomic mass is 35.5. The molecule has 1 aromatic heterocycles. The Morgan fingerprint density at radius 2 is 2.44 bits per heavy atom. The van der Waals surface area contributed by atoms with Gasteiger partial charge in [-0.1, -0.05) is 0 Å². The summed E-state index contributed by atoms with van der Waals surface area (Å²) >= 11 is 6.01. The standard InChI is InChI=1S/C11H13ClN2O2/c12-8-2-1-5-14(7-8)11(16)9-3-4-13-6-10(9)15/h3-4,6,8,15H,1-2,5,7H2. The maximum Gasteiger partial charge on any atom is 0.257 e. The average Bonchev–Trinajstić information content (AvgIpc) is 2.29. The summed E-state index contributed by atoms with van der Waals surface area (Å²) in [5, 5.41) is 9.55. The van der Waals surface area contributed by atoms with Crippen molar-refractivity contribution in [1.29, 1.82) is 0 Å². The molecule has 1 saturated heterocycles. The lowest BCUT2D eigenvalue weighted by atomic mass is 10.1. The molecular weight excluding hydrogens is 228 g/mol. The van der Waals surface area contributed by atoms with Gasteiger partial charge in [0, 0.05) is 19.3 Å². The van der Waals surface area contributed by atoms with Gasteiger partial charge in [-0.15, -0.1) is 11.6 Å². The Morgan fingerprint density at radius 1 is 1.62 bits per heavy atom. The van der Waals surface area contributed by atoms with Gasteiger partial charge in [0.1, 0.15) is 5.75 Å². The summed E-state index contributed by atoms with van der Waals surface area (Å²) in [6, 6.07) is 1.52. The van der Waals surface area contributed by atoms with Crippen LogP contribution >= 0.6 is 11.6 Å². The van der Waals surface area contributed by atoms with E-state index in [1.54, 1.807) is 4.90 Å². The van der Waals surface area contributed by atoms with Crippen LogP contribution in [0.15, 0.2) is 18.5 Å². The van der Waals surface area contributed by atoms with Crippen LogP contribution in [-0.2, 0) is 0 Å². The zero-order chi connectivity index (χ0) is 11.5. The van der Waals surface area contributed by atoms with Gasteiger partial charge in [0.25, 0.3) is 5.91 Å². The molecule has 0 aliphatic carbocycles. The highest BCUT2D eigenvalue weighted by Crippen LogP contribution is 2.21. The number of carbonyl (C=O) groups is 1. The second-order valence-electron chi connectivity index (χ2n) is 3.88. The largest absolute Gasteiger partial charge is 0.505 e. The van der Waals surface area contributed by atoms with Gasteiger partial charge in [0.15, 0.2) is 0 Å². The van der Waals surface area contributed by atoms with Crippen molar-refractivity contribution < 1.29 is 9.90 Å². The molecule has 1 aliphatic rings. The second kappa shape index (κ2) is 4.70. The van der Waals surface area contributed by atoms with Gasteiger partial charge in [-0.3, -0.25) is 9.78 Å². The van der Waals surface area contributed by atoms with Crippen LogP contribution < -0.4 is 0 Å². The summed E-state index contributed by atoms with van der Waals surface area (Å²) in [5.74, 6) is -0.255. The summed E-state index contributed by atoms with van der Waals surface area (Å²) in [7, 11) is 0. The predicted octanol–water partition coefficient (Wildman–Crippen LogP) is 1.63. The predicted molar refractivity (Wildman–Crippen MR) is 60.7 cm³/mol. The first-order chi connectivity index (χ1) is 7.68. The lowest BCUT2D eigenvalue weighted by Crippen LogP contribution is -2.40. The first-order valence-corrected chi connectivity index (χ1v) is 5.68. The van der Waals surface area contributed by atoms with Gasteiger partial charge in [0.05, 0.1) is 17.1 Å². The Morgan fingerprint density at radius 3 is 3.12 bits per heavy atom. The number of pyridine rings is 1. The lowest BCUT2D eigenvalue weighted by Gasteiger charge is -2.29. The van der Waals surface area contributed by atoms with E-state index in [1.165, 1.54) is 18.5 Å². The summed E-state index contributed by atoms with van der Waals surface area (Å²) in [5.41, 5.74) is 0.292. The number of likely N-dealkylation sites (tertiary alicyclic amines) is 1. The van der Waals surface area contributed by atoms with Crippen molar-refractivity contribution >= 4 is 17.5 Å². The van der Waals surface area contributed by atoms with E-state index in [1.807, 2.05) is 0 Å². The first-order valence-electron chi connectivity index (χ1n) is 5.25. The Balaban J connectivity index is 2.16. The monoisotopic (exact) mass is 240 g/mol. The fourth-order valence-electron chi connectivity index (χ4n) is 1.85. The molecule has 1 atom stereocenters. The van der Waals surface area contributed by atoms with E-state index in [2.05, 4.69) is 4.98 Å². The van der Waals surface area contributed by atoms with Crippen LogP contribution in [-0.4, -0.2) is 39.4 Å². The van der Waals surface area contributed by atoms with Crippen LogP contribution in [0, 0.1) is 0 Å². The minimum Gasteiger partial charge on any atom is -0.505 e. The SMILES string of the molecule is O=C(c1ccncc1O)N1CCCC(Cl)C1. The average molecular weight is 241 g/mol. The maximum absolute atomic E-state index is 12.0. The number of carbonyl (C=O) groups excluding carboxylic acids is 1. The molecule has 1 fully saturated rings. The smallest absolute Gasteiger partial charge is 0.257 e. The van der Waals surface area contributed by atoms with Crippen LogP contribution in [0.4, 0.5) is 0 Å². The Labute approximate surface area is 98.9 Å². The summed E-state index contributed by atoms with van der Waals surface area (Å²) in [6.07, 6.45) is 4.61. The minimum atomic E-state index is -0.176. The van der Waals surface area contributed by atoms with Crippen LogP contribution in [0.25, 0.3) is 0 Å². The third-order valence-corrected chi connectivity index (χ3v) is 3.04. The van der Waals surface area contributed by atoms with E-state index in [-0.39, 0.29) is 17.0 Å². The molecular formula is C11H13ClN2O2. The Hall–Kier alpha value is -1.29. The molecule has 1 aromatic rings. The summed E-state index contributed by atoms with van der Waals surface area (Å²) in [6.45, 7) is 1.24. The van der Waals surface area contributed by atoms with E-state index >= 15 is 0 Å². The number of rotatable bonds is 1. The summed E-state index contributed by atoms with van der Waals surface area (Å²) < 4.78 is 0. The van der Waals surface area contributed by atoms with Crippen LogP contribution in [0.1, 0.15) is 23.2 Å². The third-order valence-electron chi connectivity index (χ3n) is 2.68. The van der Waals surface area contributed by atoms with Crippen molar-refractivity contribution in [1.82, 2.24) is 9.88 Å². The van der Waals surface area contributed by atoms with Crippen LogP contribution in [0.2, 0.25) is 0 Å². The maximum atomic E-state index is 12.0. The van der Waals surface area contributed by atoms with E-state index in [4.69, 9.17) is 11.6 Å². The van der Waals surface area contributed by atoms with Crippen LogP contribution in [0.3, 0.4) is 0 Å².